The van der Waals surface area contributed by atoms with Crippen molar-refractivity contribution in [3.8, 4) is 0 Å². The van der Waals surface area contributed by atoms with Gasteiger partial charge >= 0.3 is 5.97 Å². The van der Waals surface area contributed by atoms with Gasteiger partial charge in [0.05, 0.1) is 28.6 Å². The van der Waals surface area contributed by atoms with Crippen molar-refractivity contribution in [2.24, 2.45) is 0 Å². The number of aliphatic carboxylic acids is 1. The summed E-state index contributed by atoms with van der Waals surface area (Å²) in [6.07, 6.45) is 1.45. The summed E-state index contributed by atoms with van der Waals surface area (Å²) in [6, 6.07) is 14.4. The largest absolute Gasteiger partial charge is 0.480 e. The molecule has 1 saturated heterocycles. The van der Waals surface area contributed by atoms with Crippen LogP contribution in [0.25, 0.3) is 0 Å². The molecule has 196 valence electrons. The molecule has 2 heterocycles. The summed E-state index contributed by atoms with van der Waals surface area (Å²) in [5, 5.41) is 14.8. The number of anilines is 5. The molecule has 12 heteroatoms. The van der Waals surface area contributed by atoms with Gasteiger partial charge in [0.25, 0.3) is 0 Å². The number of rotatable bonds is 9. The molecule has 2 aromatic carbocycles. The Bertz CT molecular complexity index is 1360. The van der Waals surface area contributed by atoms with E-state index in [1.807, 2.05) is 29.2 Å². The lowest BCUT2D eigenvalue weighted by molar-refractivity contribution is -0.138. The highest BCUT2D eigenvalue weighted by atomic mass is 35.5. The second kappa shape index (κ2) is 11.3. The van der Waals surface area contributed by atoms with Crippen molar-refractivity contribution in [2.45, 2.75) is 24.0 Å². The van der Waals surface area contributed by atoms with Crippen LogP contribution in [0.4, 0.5) is 28.8 Å². The normalized spacial score (nSPS) is 14.5. The number of benzene rings is 2. The average Bonchev–Trinajstić information content (AvgIpc) is 2.87. The Balaban J connectivity index is 1.45. The van der Waals surface area contributed by atoms with E-state index in [4.69, 9.17) is 16.7 Å². The van der Waals surface area contributed by atoms with Crippen LogP contribution < -0.4 is 15.5 Å². The van der Waals surface area contributed by atoms with Crippen LogP contribution in [0.3, 0.4) is 0 Å². The minimum Gasteiger partial charge on any atom is -0.480 e. The molecule has 0 bridgehead atoms. The number of carboxylic acids is 1. The van der Waals surface area contributed by atoms with E-state index in [0.717, 1.165) is 24.5 Å². The van der Waals surface area contributed by atoms with Crippen molar-refractivity contribution in [1.29, 1.82) is 0 Å². The number of aromatic nitrogens is 2. The maximum atomic E-state index is 12.8. The summed E-state index contributed by atoms with van der Waals surface area (Å²) < 4.78 is 25.6. The number of carboxylic acid groups (broad SMARTS) is 1. The number of hydrogen-bond donors (Lipinski definition) is 3. The zero-order chi connectivity index (χ0) is 26.6. The van der Waals surface area contributed by atoms with Gasteiger partial charge in [-0.15, -0.1) is 0 Å². The van der Waals surface area contributed by atoms with Gasteiger partial charge in [-0.1, -0.05) is 23.7 Å². The standard InChI is InChI=1S/C25H29ClN6O4S/c1-17(2)37(35,36)22-6-4-3-5-21(22)29-24-20(26)15-27-25(30-24)28-18-7-9-19(10-8-18)32-13-11-31(12-14-32)16-23(33)34/h3-10,15,17H,11-14,16H2,1-2H3,(H,33,34)(H2,27,28,29,30). The number of nitrogens with one attached hydrogen (secondary N) is 2. The topological polar surface area (TPSA) is 128 Å². The average molecular weight is 545 g/mol. The van der Waals surface area contributed by atoms with Gasteiger partial charge in [0.2, 0.25) is 5.95 Å². The maximum absolute atomic E-state index is 12.8. The highest BCUT2D eigenvalue weighted by Gasteiger charge is 2.23. The Hall–Kier alpha value is -3.41. The molecule has 1 aliphatic heterocycles. The van der Waals surface area contributed by atoms with Crippen molar-refractivity contribution in [3.63, 3.8) is 0 Å². The van der Waals surface area contributed by atoms with E-state index in [-0.39, 0.29) is 22.3 Å². The van der Waals surface area contributed by atoms with Crippen LogP contribution in [0.5, 0.6) is 0 Å². The number of nitrogens with zero attached hydrogens (tertiary/aromatic N) is 4. The molecule has 0 amide bonds. The molecule has 0 aliphatic carbocycles. The molecule has 3 aromatic rings. The molecule has 4 rings (SSSR count). The van der Waals surface area contributed by atoms with E-state index >= 15 is 0 Å². The maximum Gasteiger partial charge on any atom is 0.317 e. The molecular weight excluding hydrogens is 516 g/mol. The predicted molar refractivity (Wildman–Crippen MR) is 145 cm³/mol. The fraction of sp³-hybridized carbons (Fsp3) is 0.320. The Morgan fingerprint density at radius 1 is 1.05 bits per heavy atom. The van der Waals surface area contributed by atoms with Crippen LogP contribution in [0.1, 0.15) is 13.8 Å². The van der Waals surface area contributed by atoms with Crippen molar-refractivity contribution >= 4 is 56.2 Å². The lowest BCUT2D eigenvalue weighted by Crippen LogP contribution is -2.47. The van der Waals surface area contributed by atoms with E-state index in [0.29, 0.717) is 24.7 Å². The molecule has 37 heavy (non-hydrogen) atoms. The second-order valence-corrected chi connectivity index (χ2v) is 11.8. The van der Waals surface area contributed by atoms with Crippen LogP contribution in [-0.4, -0.2) is 72.3 Å². The molecular formula is C25H29ClN6O4S. The van der Waals surface area contributed by atoms with Crippen LogP contribution >= 0.6 is 11.6 Å². The molecule has 0 atom stereocenters. The third-order valence-corrected chi connectivity index (χ3v) is 8.52. The smallest absolute Gasteiger partial charge is 0.317 e. The zero-order valence-corrected chi connectivity index (χ0v) is 22.1. The van der Waals surface area contributed by atoms with Crippen LogP contribution in [0, 0.1) is 0 Å². The van der Waals surface area contributed by atoms with Crippen LogP contribution in [-0.2, 0) is 14.6 Å². The summed E-state index contributed by atoms with van der Waals surface area (Å²) in [5.74, 6) is -0.232. The first-order valence-electron chi connectivity index (χ1n) is 11.8. The first-order chi connectivity index (χ1) is 17.6. The van der Waals surface area contributed by atoms with Gasteiger partial charge in [0.1, 0.15) is 5.02 Å². The van der Waals surface area contributed by atoms with Gasteiger partial charge in [-0.3, -0.25) is 9.69 Å². The number of carbonyl (C=O) groups is 1. The van der Waals surface area contributed by atoms with Crippen LogP contribution in [0.2, 0.25) is 5.02 Å². The zero-order valence-electron chi connectivity index (χ0n) is 20.6. The Labute approximate surface area is 221 Å². The summed E-state index contributed by atoms with van der Waals surface area (Å²) in [6.45, 7) is 6.23. The number of halogens is 1. The highest BCUT2D eigenvalue weighted by Crippen LogP contribution is 2.30. The number of hydrogen-bond acceptors (Lipinski definition) is 9. The van der Waals surface area contributed by atoms with Gasteiger partial charge in [-0.2, -0.15) is 4.98 Å². The Kier molecular flexibility index (Phi) is 8.16. The van der Waals surface area contributed by atoms with Gasteiger partial charge in [-0.25, -0.2) is 13.4 Å². The SMILES string of the molecule is CC(C)S(=O)(=O)c1ccccc1Nc1nc(Nc2ccc(N3CCN(CC(=O)O)CC3)cc2)ncc1Cl. The summed E-state index contributed by atoms with van der Waals surface area (Å²) >= 11 is 6.32. The number of para-hydroxylation sites is 1. The predicted octanol–water partition coefficient (Wildman–Crippen LogP) is 4.01. The monoisotopic (exact) mass is 544 g/mol. The molecule has 1 aromatic heterocycles. The van der Waals surface area contributed by atoms with Crippen molar-refractivity contribution < 1.29 is 18.3 Å². The first kappa shape index (κ1) is 26.6. The molecule has 0 spiro atoms. The molecule has 1 aliphatic rings. The molecule has 3 N–H and O–H groups in total. The third-order valence-electron chi connectivity index (χ3n) is 6.03. The summed E-state index contributed by atoms with van der Waals surface area (Å²) in [5.41, 5.74) is 2.20. The van der Waals surface area contributed by atoms with E-state index in [1.54, 1.807) is 38.1 Å². The van der Waals surface area contributed by atoms with Gasteiger partial charge in [0, 0.05) is 37.6 Å². The van der Waals surface area contributed by atoms with E-state index in [9.17, 15) is 13.2 Å². The molecule has 0 radical (unpaired) electrons. The first-order valence-corrected chi connectivity index (χ1v) is 13.7. The molecule has 0 unspecified atom stereocenters. The minimum atomic E-state index is -3.52. The minimum absolute atomic E-state index is 0.0633. The molecule has 1 fully saturated rings. The Morgan fingerprint density at radius 2 is 1.73 bits per heavy atom. The van der Waals surface area contributed by atoms with Crippen LogP contribution in [0.15, 0.2) is 59.6 Å². The van der Waals surface area contributed by atoms with E-state index in [1.165, 1.54) is 6.20 Å². The fourth-order valence-electron chi connectivity index (χ4n) is 3.95. The van der Waals surface area contributed by atoms with Crippen molar-refractivity contribution in [3.05, 3.63) is 59.8 Å². The van der Waals surface area contributed by atoms with E-state index in [2.05, 4.69) is 25.5 Å². The molecule has 0 saturated carbocycles. The second-order valence-electron chi connectivity index (χ2n) is 8.93. The summed E-state index contributed by atoms with van der Waals surface area (Å²) in [7, 11) is -3.52. The fourth-order valence-corrected chi connectivity index (χ4v) is 5.29. The van der Waals surface area contributed by atoms with Crippen molar-refractivity contribution in [2.75, 3.05) is 48.3 Å². The van der Waals surface area contributed by atoms with Crippen molar-refractivity contribution in [1.82, 2.24) is 14.9 Å². The number of sulfone groups is 1. The third kappa shape index (κ3) is 6.48. The van der Waals surface area contributed by atoms with E-state index < -0.39 is 21.1 Å². The lowest BCUT2D eigenvalue weighted by atomic mass is 10.2. The van der Waals surface area contributed by atoms with Gasteiger partial charge < -0.3 is 20.6 Å². The summed E-state index contributed by atoms with van der Waals surface area (Å²) in [4.78, 5) is 23.9. The van der Waals surface area contributed by atoms with Gasteiger partial charge in [-0.05, 0) is 50.2 Å². The highest BCUT2D eigenvalue weighted by molar-refractivity contribution is 7.92. The molecule has 10 nitrogen and oxygen atoms in total. The Morgan fingerprint density at radius 3 is 2.38 bits per heavy atom. The van der Waals surface area contributed by atoms with Gasteiger partial charge in [0.15, 0.2) is 15.7 Å². The quantitative estimate of drug-likeness (QED) is 0.363. The lowest BCUT2D eigenvalue weighted by Gasteiger charge is -2.35. The number of piperazine rings is 1.